The zero-order valence-electron chi connectivity index (χ0n) is 22.1. The molecule has 1 N–H and O–H groups in total. The number of fused-ring (bicyclic) bond motifs is 4. The van der Waals surface area contributed by atoms with Gasteiger partial charge in [-0.3, -0.25) is 4.79 Å². The van der Waals surface area contributed by atoms with Gasteiger partial charge in [-0.15, -0.1) is 0 Å². The van der Waals surface area contributed by atoms with Crippen LogP contribution >= 0.6 is 0 Å². The van der Waals surface area contributed by atoms with Crippen molar-refractivity contribution in [1.82, 2.24) is 14.5 Å². The van der Waals surface area contributed by atoms with Crippen molar-refractivity contribution < 1.29 is 16.5 Å². The van der Waals surface area contributed by atoms with Crippen LogP contribution in [0.1, 0.15) is 36.9 Å². The molecule has 40 heavy (non-hydrogen) atoms. The second-order valence-electron chi connectivity index (χ2n) is 10.4. The Bertz CT molecular complexity index is 2020. The monoisotopic (exact) mass is 558 g/mol. The van der Waals surface area contributed by atoms with Crippen molar-refractivity contribution in [2.75, 3.05) is 20.1 Å². The summed E-state index contributed by atoms with van der Waals surface area (Å²) in [6.07, 6.45) is 2.54. The number of rotatable bonds is 7. The molecule has 0 unspecified atom stereocenters. The first-order valence-electron chi connectivity index (χ1n) is 13.2. The third-order valence-electron chi connectivity index (χ3n) is 7.65. The summed E-state index contributed by atoms with van der Waals surface area (Å²) < 4.78 is 42.3. The van der Waals surface area contributed by atoms with E-state index in [2.05, 4.69) is 31.6 Å². The second kappa shape index (κ2) is 9.77. The van der Waals surface area contributed by atoms with E-state index in [1.165, 1.54) is 12.1 Å². The maximum atomic E-state index is 14.1. The van der Waals surface area contributed by atoms with Gasteiger partial charge in [-0.05, 0) is 73.0 Å². The largest absolute Gasteiger partial charge is 0.488 e. The van der Waals surface area contributed by atoms with E-state index in [0.717, 1.165) is 53.5 Å². The molecule has 6 rings (SSSR count). The molecule has 0 amide bonds. The molecule has 10 heteroatoms. The summed E-state index contributed by atoms with van der Waals surface area (Å²) in [6, 6.07) is 17.8. The van der Waals surface area contributed by atoms with Gasteiger partial charge in [0.05, 0.1) is 28.6 Å². The number of hydrogen-bond acceptors (Lipinski definition) is 6. The molecule has 3 heterocycles. The van der Waals surface area contributed by atoms with Gasteiger partial charge in [0.15, 0.2) is 5.43 Å². The molecule has 0 saturated carbocycles. The summed E-state index contributed by atoms with van der Waals surface area (Å²) in [5.74, 6) is -0.126. The molecule has 0 aliphatic carbocycles. The number of nitrogens with zero attached hydrogens (tertiary/aromatic N) is 3. The Morgan fingerprint density at radius 1 is 1.12 bits per heavy atom. The van der Waals surface area contributed by atoms with Crippen molar-refractivity contribution in [2.45, 2.75) is 32.2 Å². The Balaban J connectivity index is 1.68. The van der Waals surface area contributed by atoms with Gasteiger partial charge in [-0.2, -0.15) is 13.7 Å². The van der Waals surface area contributed by atoms with Crippen molar-refractivity contribution in [3.63, 3.8) is 0 Å². The van der Waals surface area contributed by atoms with Crippen LogP contribution < -0.4 is 9.61 Å². The number of hydrogen-bond donors (Lipinski definition) is 1. The van der Waals surface area contributed by atoms with E-state index in [9.17, 15) is 22.4 Å². The van der Waals surface area contributed by atoms with Gasteiger partial charge in [0.2, 0.25) is 0 Å². The van der Waals surface area contributed by atoms with Crippen LogP contribution in [-0.4, -0.2) is 43.0 Å². The summed E-state index contributed by atoms with van der Waals surface area (Å²) in [6.45, 7) is 3.69. The van der Waals surface area contributed by atoms with Crippen LogP contribution in [0.3, 0.4) is 0 Å². The molecule has 0 radical (unpaired) electrons. The molecule has 2 aromatic heterocycles. The smallest absolute Gasteiger partial charge is 0.358 e. The molecule has 204 valence electrons. The van der Waals surface area contributed by atoms with E-state index in [1.807, 2.05) is 31.3 Å². The number of aromatic nitrogens is 2. The second-order valence-corrected chi connectivity index (χ2v) is 11.4. The predicted octanol–water partition coefficient (Wildman–Crippen LogP) is 5.60. The standard InChI is InChI=1S/C30H27FN4O4S/c1-3-4-6-20-13-25-27(14-24(20)19-7-5-8-22(12-19)39-40(31,37)38)35(21-16-34(2)17-21)30-28(29(25)36)23-10-9-18(15-32)11-26(23)33-30/h5,7-14,21,33H,3-4,6,16-17H2,1-2H3. The van der Waals surface area contributed by atoms with Gasteiger partial charge < -0.3 is 18.6 Å². The van der Waals surface area contributed by atoms with Crippen LogP contribution in [-0.2, 0) is 16.9 Å². The molecule has 1 fully saturated rings. The number of aryl methyl sites for hydroxylation is 1. The Kier molecular flexibility index (Phi) is 6.36. The van der Waals surface area contributed by atoms with Crippen LogP contribution in [0.4, 0.5) is 3.89 Å². The first-order valence-corrected chi connectivity index (χ1v) is 14.5. The highest BCUT2D eigenvalue weighted by molar-refractivity contribution is 7.81. The Morgan fingerprint density at radius 3 is 2.62 bits per heavy atom. The van der Waals surface area contributed by atoms with Crippen molar-refractivity contribution in [3.05, 3.63) is 75.9 Å². The summed E-state index contributed by atoms with van der Waals surface area (Å²) in [5.41, 5.74) is 5.03. The number of likely N-dealkylation sites (N-methyl/N-ethyl adjacent to an activating group) is 1. The maximum absolute atomic E-state index is 14.1. The minimum atomic E-state index is -5.18. The summed E-state index contributed by atoms with van der Waals surface area (Å²) in [7, 11) is -3.13. The normalized spacial score (nSPS) is 14.6. The van der Waals surface area contributed by atoms with Crippen LogP contribution in [0, 0.1) is 11.3 Å². The molecular weight excluding hydrogens is 531 g/mol. The summed E-state index contributed by atoms with van der Waals surface area (Å²) in [5, 5.41) is 11.4. The molecule has 8 nitrogen and oxygen atoms in total. The van der Waals surface area contributed by atoms with Crippen molar-refractivity contribution in [1.29, 1.82) is 5.26 Å². The minimum absolute atomic E-state index is 0.0882. The van der Waals surface area contributed by atoms with E-state index < -0.39 is 10.5 Å². The van der Waals surface area contributed by atoms with Crippen LogP contribution in [0.15, 0.2) is 59.4 Å². The predicted molar refractivity (Wildman–Crippen MR) is 154 cm³/mol. The first kappa shape index (κ1) is 26.0. The van der Waals surface area contributed by atoms with Gasteiger partial charge >= 0.3 is 10.5 Å². The average molecular weight is 559 g/mol. The molecule has 1 saturated heterocycles. The lowest BCUT2D eigenvalue weighted by Gasteiger charge is -2.39. The zero-order chi connectivity index (χ0) is 28.2. The minimum Gasteiger partial charge on any atom is -0.358 e. The van der Waals surface area contributed by atoms with E-state index >= 15 is 0 Å². The highest BCUT2D eigenvalue weighted by Gasteiger charge is 2.29. The number of unbranched alkanes of at least 4 members (excludes halogenated alkanes) is 1. The fourth-order valence-electron chi connectivity index (χ4n) is 5.81. The highest BCUT2D eigenvalue weighted by Crippen LogP contribution is 2.37. The Morgan fingerprint density at radius 2 is 1.93 bits per heavy atom. The van der Waals surface area contributed by atoms with Gasteiger partial charge in [0.1, 0.15) is 11.4 Å². The molecule has 0 spiro atoms. The molecule has 1 aliphatic heterocycles. The van der Waals surface area contributed by atoms with Gasteiger partial charge in [0, 0.05) is 29.4 Å². The number of nitriles is 1. The van der Waals surface area contributed by atoms with Crippen molar-refractivity contribution in [2.24, 2.45) is 0 Å². The fraction of sp³-hybridized carbons (Fsp3) is 0.267. The number of aromatic amines is 1. The van der Waals surface area contributed by atoms with Crippen LogP contribution in [0.2, 0.25) is 0 Å². The van der Waals surface area contributed by atoms with E-state index in [4.69, 9.17) is 0 Å². The van der Waals surface area contributed by atoms with E-state index in [0.29, 0.717) is 34.0 Å². The van der Waals surface area contributed by atoms with Crippen molar-refractivity contribution in [3.8, 4) is 22.9 Å². The van der Waals surface area contributed by atoms with Gasteiger partial charge in [-0.1, -0.05) is 35.4 Å². The lowest BCUT2D eigenvalue weighted by Crippen LogP contribution is -2.45. The third-order valence-corrected chi connectivity index (χ3v) is 8.04. The third kappa shape index (κ3) is 4.51. The molecule has 5 aromatic rings. The van der Waals surface area contributed by atoms with Crippen molar-refractivity contribution >= 4 is 43.3 Å². The average Bonchev–Trinajstić information content (AvgIpc) is 3.28. The maximum Gasteiger partial charge on any atom is 0.488 e. The lowest BCUT2D eigenvalue weighted by molar-refractivity contribution is 0.146. The molecule has 1 aliphatic rings. The van der Waals surface area contributed by atoms with Crippen LogP contribution in [0.5, 0.6) is 5.75 Å². The molecular formula is C30H27FN4O4S. The topological polar surface area (TPSA) is 108 Å². The van der Waals surface area contributed by atoms with Crippen LogP contribution in [0.25, 0.3) is 44.0 Å². The SMILES string of the molecule is CCCCc1cc2c(=O)c3c4ccc(C#N)cc4[nH]c3n(C3CN(C)C3)c2cc1-c1cccc(OS(=O)(=O)F)c1. The molecule has 3 aromatic carbocycles. The first-order chi connectivity index (χ1) is 19.2. The number of nitrogens with one attached hydrogen (secondary N) is 1. The van der Waals surface area contributed by atoms with Gasteiger partial charge in [-0.25, -0.2) is 0 Å². The highest BCUT2D eigenvalue weighted by atomic mass is 32.3. The molecule has 0 bridgehead atoms. The lowest BCUT2D eigenvalue weighted by atomic mass is 9.93. The number of pyridine rings is 1. The zero-order valence-corrected chi connectivity index (χ0v) is 22.9. The quantitative estimate of drug-likeness (QED) is 0.261. The van der Waals surface area contributed by atoms with Gasteiger partial charge in [0.25, 0.3) is 0 Å². The fourth-order valence-corrected chi connectivity index (χ4v) is 6.15. The Labute approximate surface area is 230 Å². The summed E-state index contributed by atoms with van der Waals surface area (Å²) >= 11 is 0. The number of benzene rings is 3. The van der Waals surface area contributed by atoms with E-state index in [1.54, 1.807) is 18.2 Å². The number of halogens is 1. The number of H-pyrrole nitrogens is 1. The summed E-state index contributed by atoms with van der Waals surface area (Å²) in [4.78, 5) is 19.7. The number of likely N-dealkylation sites (tertiary alicyclic amines) is 1. The Hall–Kier alpha value is -4.20. The van der Waals surface area contributed by atoms with E-state index in [-0.39, 0.29) is 17.2 Å². The molecule has 0 atom stereocenters.